The van der Waals surface area contributed by atoms with Crippen molar-refractivity contribution in [3.8, 4) is 0 Å². The van der Waals surface area contributed by atoms with Gasteiger partial charge in [-0.1, -0.05) is 181 Å². The first-order valence-corrected chi connectivity index (χ1v) is 20.2. The lowest BCUT2D eigenvalue weighted by molar-refractivity contribution is -0.925. The number of rotatable bonds is 36. The van der Waals surface area contributed by atoms with Gasteiger partial charge < -0.3 is 27.1 Å². The van der Waals surface area contributed by atoms with Crippen LogP contribution in [0.15, 0.2) is 0 Å². The zero-order chi connectivity index (χ0) is 31.7. The zero-order valence-corrected chi connectivity index (χ0v) is 31.7. The van der Waals surface area contributed by atoms with E-state index in [1.807, 2.05) is 0 Å². The highest BCUT2D eigenvalue weighted by molar-refractivity contribution is 4.61. The van der Waals surface area contributed by atoms with Crippen LogP contribution in [0.5, 0.6) is 0 Å². The lowest BCUT2D eigenvalue weighted by Crippen LogP contribution is -3.00. The molecule has 0 aliphatic heterocycles. The molecule has 0 saturated carbocycles. The molecule has 268 valence electrons. The highest BCUT2D eigenvalue weighted by atomic mass is 35.5. The zero-order valence-electron chi connectivity index (χ0n) is 30.9. The summed E-state index contributed by atoms with van der Waals surface area (Å²) >= 11 is 0. The van der Waals surface area contributed by atoms with Crippen LogP contribution in [0.25, 0.3) is 0 Å². The molecule has 0 heterocycles. The number of aliphatic hydroxyl groups is 2. The summed E-state index contributed by atoms with van der Waals surface area (Å²) in [5.74, 6) is 0. The van der Waals surface area contributed by atoms with Crippen LogP contribution in [0.4, 0.5) is 0 Å². The SMILES string of the molecule is CCCCCCCCCCCCCCCC(O)CC[N+](CC)(CC)CCC(O)CCCCCCCCCCCCCCC.[Cl-]. The van der Waals surface area contributed by atoms with E-state index in [0.717, 1.165) is 56.3 Å². The lowest BCUT2D eigenvalue weighted by atomic mass is 10.0. The Morgan fingerprint density at radius 3 is 0.795 bits per heavy atom. The first-order chi connectivity index (χ1) is 21.0. The summed E-state index contributed by atoms with van der Waals surface area (Å²) in [4.78, 5) is 0. The second-order valence-electron chi connectivity index (χ2n) is 14.4. The van der Waals surface area contributed by atoms with Crippen LogP contribution in [0.3, 0.4) is 0 Å². The average Bonchev–Trinajstić information content (AvgIpc) is 3.02. The van der Waals surface area contributed by atoms with Gasteiger partial charge in [-0.25, -0.2) is 0 Å². The molecule has 0 aliphatic rings. The number of hydrogen-bond acceptors (Lipinski definition) is 2. The Balaban J connectivity index is 0. The topological polar surface area (TPSA) is 40.5 Å². The molecule has 4 heteroatoms. The van der Waals surface area contributed by atoms with Gasteiger partial charge in [0.15, 0.2) is 0 Å². The lowest BCUT2D eigenvalue weighted by Gasteiger charge is -2.38. The molecule has 2 N–H and O–H groups in total. The number of quaternary nitrogens is 1. The number of aliphatic hydroxyl groups excluding tert-OH is 2. The molecule has 0 spiro atoms. The molecular formula is C40H84ClNO2. The van der Waals surface area contributed by atoms with Crippen LogP contribution in [0.2, 0.25) is 0 Å². The second kappa shape index (κ2) is 36.0. The molecule has 3 nitrogen and oxygen atoms in total. The summed E-state index contributed by atoms with van der Waals surface area (Å²) in [5, 5.41) is 21.4. The molecule has 0 aliphatic carbocycles. The monoisotopic (exact) mass is 646 g/mol. The van der Waals surface area contributed by atoms with E-state index in [1.54, 1.807) is 0 Å². The van der Waals surface area contributed by atoms with Crippen LogP contribution in [0.1, 0.15) is 220 Å². The van der Waals surface area contributed by atoms with Crippen molar-refractivity contribution in [2.45, 2.75) is 233 Å². The van der Waals surface area contributed by atoms with Crippen molar-refractivity contribution >= 4 is 0 Å². The quantitative estimate of drug-likeness (QED) is 0.0526. The van der Waals surface area contributed by atoms with Gasteiger partial charge in [0.05, 0.1) is 38.4 Å². The minimum atomic E-state index is -0.154. The molecule has 0 bridgehead atoms. The fourth-order valence-electron chi connectivity index (χ4n) is 6.90. The Bertz CT molecular complexity index is 486. The predicted molar refractivity (Wildman–Crippen MR) is 193 cm³/mol. The van der Waals surface area contributed by atoms with Crippen molar-refractivity contribution in [3.05, 3.63) is 0 Å². The summed E-state index contributed by atoms with van der Waals surface area (Å²) in [5.41, 5.74) is 0. The van der Waals surface area contributed by atoms with E-state index in [0.29, 0.717) is 0 Å². The average molecular weight is 647 g/mol. The third kappa shape index (κ3) is 30.8. The number of hydrogen-bond donors (Lipinski definition) is 2. The van der Waals surface area contributed by atoms with E-state index in [2.05, 4.69) is 27.7 Å². The molecule has 0 aromatic heterocycles. The van der Waals surface area contributed by atoms with Crippen LogP contribution in [-0.4, -0.2) is 53.1 Å². The fourth-order valence-corrected chi connectivity index (χ4v) is 6.90. The summed E-state index contributed by atoms with van der Waals surface area (Å²) in [7, 11) is 0. The van der Waals surface area contributed by atoms with Gasteiger partial charge in [-0.2, -0.15) is 0 Å². The van der Waals surface area contributed by atoms with Crippen LogP contribution < -0.4 is 12.4 Å². The first-order valence-electron chi connectivity index (χ1n) is 20.2. The minimum Gasteiger partial charge on any atom is -1.00 e. The van der Waals surface area contributed by atoms with Gasteiger partial charge in [-0.3, -0.25) is 0 Å². The molecule has 0 fully saturated rings. The van der Waals surface area contributed by atoms with Gasteiger partial charge in [0, 0.05) is 12.8 Å². The molecule has 0 aromatic carbocycles. The molecule has 0 radical (unpaired) electrons. The van der Waals surface area contributed by atoms with Gasteiger partial charge in [0.2, 0.25) is 0 Å². The molecular weight excluding hydrogens is 562 g/mol. The van der Waals surface area contributed by atoms with Crippen molar-refractivity contribution < 1.29 is 27.1 Å². The Morgan fingerprint density at radius 1 is 0.341 bits per heavy atom. The third-order valence-corrected chi connectivity index (χ3v) is 10.5. The van der Waals surface area contributed by atoms with E-state index in [1.165, 1.54) is 167 Å². The summed E-state index contributed by atoms with van der Waals surface area (Å²) < 4.78 is 1.05. The highest BCUT2D eigenvalue weighted by Gasteiger charge is 2.25. The largest absolute Gasteiger partial charge is 1.00 e. The van der Waals surface area contributed by atoms with E-state index >= 15 is 0 Å². The number of unbranched alkanes of at least 4 members (excludes halogenated alkanes) is 24. The normalized spacial score (nSPS) is 13.2. The molecule has 2 atom stereocenters. The third-order valence-electron chi connectivity index (χ3n) is 10.5. The Morgan fingerprint density at radius 2 is 0.568 bits per heavy atom. The van der Waals surface area contributed by atoms with Gasteiger partial charge in [0.1, 0.15) is 0 Å². The van der Waals surface area contributed by atoms with Crippen LogP contribution >= 0.6 is 0 Å². The standard InChI is InChI=1S/C40H84NO2.ClH/c1-5-9-11-13-15-17-19-21-23-25-27-29-31-33-39(42)35-37-41(7-3,8-4)38-36-40(43)34-32-30-28-26-24-22-20-18-16-14-12-10-6-2;/h39-40,42-43H,5-38H2,1-4H3;1H/q+1;/p-1. The van der Waals surface area contributed by atoms with Crippen LogP contribution in [-0.2, 0) is 0 Å². The van der Waals surface area contributed by atoms with E-state index < -0.39 is 0 Å². The Kier molecular flexibility index (Phi) is 37.9. The van der Waals surface area contributed by atoms with Crippen molar-refractivity contribution in [2.75, 3.05) is 26.2 Å². The Hall–Kier alpha value is 0.170. The van der Waals surface area contributed by atoms with Crippen molar-refractivity contribution in [2.24, 2.45) is 0 Å². The fraction of sp³-hybridized carbons (Fsp3) is 1.00. The highest BCUT2D eigenvalue weighted by Crippen LogP contribution is 2.18. The summed E-state index contributed by atoms with van der Waals surface area (Å²) in [6, 6.07) is 0. The summed E-state index contributed by atoms with van der Waals surface area (Å²) in [6.45, 7) is 13.5. The van der Waals surface area contributed by atoms with Crippen LogP contribution in [0, 0.1) is 0 Å². The molecule has 0 saturated heterocycles. The van der Waals surface area contributed by atoms with Gasteiger partial charge in [-0.05, 0) is 26.7 Å². The first kappa shape index (κ1) is 46.3. The van der Waals surface area contributed by atoms with Gasteiger partial charge in [-0.15, -0.1) is 0 Å². The van der Waals surface area contributed by atoms with Gasteiger partial charge >= 0.3 is 0 Å². The molecule has 0 rings (SSSR count). The molecule has 0 aromatic rings. The van der Waals surface area contributed by atoms with Crippen molar-refractivity contribution in [1.29, 1.82) is 0 Å². The maximum absolute atomic E-state index is 10.7. The maximum Gasteiger partial charge on any atom is 0.0811 e. The smallest absolute Gasteiger partial charge is 0.0811 e. The van der Waals surface area contributed by atoms with E-state index in [4.69, 9.17) is 0 Å². The number of nitrogens with zero attached hydrogens (tertiary/aromatic N) is 1. The molecule has 44 heavy (non-hydrogen) atoms. The summed E-state index contributed by atoms with van der Waals surface area (Å²) in [6.07, 6.45) is 39.3. The van der Waals surface area contributed by atoms with Crippen molar-refractivity contribution in [1.82, 2.24) is 0 Å². The second-order valence-corrected chi connectivity index (χ2v) is 14.4. The number of halogens is 1. The maximum atomic E-state index is 10.7. The molecule has 2 unspecified atom stereocenters. The van der Waals surface area contributed by atoms with E-state index in [9.17, 15) is 10.2 Å². The van der Waals surface area contributed by atoms with Gasteiger partial charge in [0.25, 0.3) is 0 Å². The Labute approximate surface area is 285 Å². The minimum absolute atomic E-state index is 0. The molecule has 0 amide bonds. The van der Waals surface area contributed by atoms with E-state index in [-0.39, 0.29) is 24.6 Å². The predicted octanol–water partition coefficient (Wildman–Crippen LogP) is 9.31. The van der Waals surface area contributed by atoms with Crippen molar-refractivity contribution in [3.63, 3.8) is 0 Å².